The van der Waals surface area contributed by atoms with Crippen LogP contribution in [-0.2, 0) is 4.79 Å². The van der Waals surface area contributed by atoms with Crippen LogP contribution in [0, 0.1) is 0 Å². The van der Waals surface area contributed by atoms with E-state index in [1.54, 1.807) is 24.3 Å². The van der Waals surface area contributed by atoms with E-state index in [1.807, 2.05) is 0 Å². The minimum Gasteiger partial charge on any atom is -0.508 e. The molecule has 2 rings (SSSR count). The van der Waals surface area contributed by atoms with Crippen LogP contribution in [0.15, 0.2) is 24.3 Å². The van der Waals surface area contributed by atoms with Crippen LogP contribution in [0.5, 0.6) is 5.75 Å². The number of rotatable bonds is 1. The quantitative estimate of drug-likeness (QED) is 0.593. The number of carbonyl (C=O) groups excluding carboxylic acids is 1. The third-order valence-electron chi connectivity index (χ3n) is 2.26. The number of nitrogens with one attached hydrogen (secondary N) is 2. The monoisotopic (exact) mass is 192 g/mol. The van der Waals surface area contributed by atoms with Crippen molar-refractivity contribution in [1.82, 2.24) is 10.6 Å². The number of phenolic OH excluding ortho intramolecular Hbond substituents is 1. The van der Waals surface area contributed by atoms with Gasteiger partial charge >= 0.3 is 0 Å². The number of hydrogen-bond donors (Lipinski definition) is 3. The molecule has 1 atom stereocenters. The number of phenols is 1. The lowest BCUT2D eigenvalue weighted by molar-refractivity contribution is -0.124. The summed E-state index contributed by atoms with van der Waals surface area (Å²) in [7, 11) is 0. The van der Waals surface area contributed by atoms with Crippen LogP contribution >= 0.6 is 0 Å². The average molecular weight is 192 g/mol. The van der Waals surface area contributed by atoms with Gasteiger partial charge in [0.25, 0.3) is 0 Å². The third-order valence-corrected chi connectivity index (χ3v) is 2.26. The standard InChI is InChI=1S/C10H12N2O2/c13-8-3-1-7(2-4-8)9-10(14)12-6-5-11-9/h1-4,9,11,13H,5-6H2,(H,12,14). The Hall–Kier alpha value is -1.55. The molecule has 1 aromatic carbocycles. The summed E-state index contributed by atoms with van der Waals surface area (Å²) < 4.78 is 0. The molecule has 0 bridgehead atoms. The van der Waals surface area contributed by atoms with Crippen molar-refractivity contribution in [2.45, 2.75) is 6.04 Å². The summed E-state index contributed by atoms with van der Waals surface area (Å²) in [5.41, 5.74) is 0.875. The Morgan fingerprint density at radius 2 is 1.93 bits per heavy atom. The van der Waals surface area contributed by atoms with E-state index in [9.17, 15) is 4.79 Å². The number of amides is 1. The second-order valence-corrected chi connectivity index (χ2v) is 3.27. The number of hydrogen-bond acceptors (Lipinski definition) is 3. The van der Waals surface area contributed by atoms with Crippen molar-refractivity contribution in [3.05, 3.63) is 29.8 Å². The zero-order valence-electron chi connectivity index (χ0n) is 7.66. The first-order valence-electron chi connectivity index (χ1n) is 4.57. The van der Waals surface area contributed by atoms with Gasteiger partial charge in [-0.05, 0) is 17.7 Å². The van der Waals surface area contributed by atoms with Gasteiger partial charge in [0.15, 0.2) is 0 Å². The number of carbonyl (C=O) groups is 1. The number of aromatic hydroxyl groups is 1. The SMILES string of the molecule is O=C1NCCNC1c1ccc(O)cc1. The summed E-state index contributed by atoms with van der Waals surface area (Å²) in [5.74, 6) is 0.201. The first-order valence-corrected chi connectivity index (χ1v) is 4.57. The van der Waals surface area contributed by atoms with E-state index in [-0.39, 0.29) is 17.7 Å². The molecule has 1 aromatic rings. The maximum absolute atomic E-state index is 11.4. The molecule has 0 aromatic heterocycles. The van der Waals surface area contributed by atoms with Crippen molar-refractivity contribution >= 4 is 5.91 Å². The maximum atomic E-state index is 11.4. The molecule has 3 N–H and O–H groups in total. The smallest absolute Gasteiger partial charge is 0.241 e. The predicted octanol–water partition coefficient (Wildman–Crippen LogP) is 0.153. The molecule has 74 valence electrons. The van der Waals surface area contributed by atoms with E-state index >= 15 is 0 Å². The molecule has 1 amide bonds. The second kappa shape index (κ2) is 3.67. The van der Waals surface area contributed by atoms with E-state index in [2.05, 4.69) is 10.6 Å². The minimum absolute atomic E-state index is 0.0121. The molecule has 1 aliphatic rings. The molecular formula is C10H12N2O2. The molecule has 4 heteroatoms. The summed E-state index contributed by atoms with van der Waals surface area (Å²) in [6, 6.07) is 6.37. The van der Waals surface area contributed by atoms with Gasteiger partial charge in [-0.25, -0.2) is 0 Å². The first-order chi connectivity index (χ1) is 6.77. The molecule has 14 heavy (non-hydrogen) atoms. The van der Waals surface area contributed by atoms with Crippen LogP contribution in [-0.4, -0.2) is 24.1 Å². The highest BCUT2D eigenvalue weighted by atomic mass is 16.3. The lowest BCUT2D eigenvalue weighted by Gasteiger charge is -2.23. The Balaban J connectivity index is 2.20. The van der Waals surface area contributed by atoms with Gasteiger partial charge in [0.05, 0.1) is 0 Å². The highest BCUT2D eigenvalue weighted by Crippen LogP contribution is 2.17. The van der Waals surface area contributed by atoms with Crippen molar-refractivity contribution in [2.24, 2.45) is 0 Å². The van der Waals surface area contributed by atoms with Gasteiger partial charge in [0.1, 0.15) is 11.8 Å². The molecule has 1 saturated heterocycles. The molecular weight excluding hydrogens is 180 g/mol. The Kier molecular flexibility index (Phi) is 2.37. The van der Waals surface area contributed by atoms with Gasteiger partial charge in [-0.3, -0.25) is 4.79 Å². The van der Waals surface area contributed by atoms with Crippen LogP contribution in [0.4, 0.5) is 0 Å². The Bertz CT molecular complexity index is 334. The number of benzene rings is 1. The van der Waals surface area contributed by atoms with E-state index < -0.39 is 0 Å². The molecule has 0 aliphatic carbocycles. The lowest BCUT2D eigenvalue weighted by Crippen LogP contribution is -2.47. The van der Waals surface area contributed by atoms with Crippen molar-refractivity contribution in [3.63, 3.8) is 0 Å². The Morgan fingerprint density at radius 1 is 1.21 bits per heavy atom. The van der Waals surface area contributed by atoms with Crippen LogP contribution in [0.3, 0.4) is 0 Å². The summed E-state index contributed by atoms with van der Waals surface area (Å²) in [6.07, 6.45) is 0. The number of piperazine rings is 1. The summed E-state index contributed by atoms with van der Waals surface area (Å²) in [4.78, 5) is 11.4. The van der Waals surface area contributed by atoms with E-state index in [1.165, 1.54) is 0 Å². The third kappa shape index (κ3) is 1.70. The summed E-state index contributed by atoms with van der Waals surface area (Å²) in [6.45, 7) is 1.45. The molecule has 1 fully saturated rings. The molecule has 1 aliphatic heterocycles. The predicted molar refractivity (Wildman–Crippen MR) is 51.9 cm³/mol. The molecule has 1 heterocycles. The van der Waals surface area contributed by atoms with Crippen molar-refractivity contribution in [3.8, 4) is 5.75 Å². The van der Waals surface area contributed by atoms with Crippen molar-refractivity contribution in [2.75, 3.05) is 13.1 Å². The second-order valence-electron chi connectivity index (χ2n) is 3.27. The van der Waals surface area contributed by atoms with E-state index in [0.717, 1.165) is 12.1 Å². The van der Waals surface area contributed by atoms with Gasteiger partial charge in [-0.15, -0.1) is 0 Å². The van der Waals surface area contributed by atoms with Crippen LogP contribution < -0.4 is 10.6 Å². The molecule has 4 nitrogen and oxygen atoms in total. The topological polar surface area (TPSA) is 61.4 Å². The highest BCUT2D eigenvalue weighted by Gasteiger charge is 2.22. The van der Waals surface area contributed by atoms with E-state index in [0.29, 0.717) is 6.54 Å². The fourth-order valence-corrected chi connectivity index (χ4v) is 1.53. The zero-order valence-corrected chi connectivity index (χ0v) is 7.66. The maximum Gasteiger partial charge on any atom is 0.241 e. The van der Waals surface area contributed by atoms with Crippen LogP contribution in [0.25, 0.3) is 0 Å². The lowest BCUT2D eigenvalue weighted by atomic mass is 10.0. The normalized spacial score (nSPS) is 21.7. The fourth-order valence-electron chi connectivity index (χ4n) is 1.53. The minimum atomic E-state index is -0.288. The van der Waals surface area contributed by atoms with Gasteiger partial charge in [-0.2, -0.15) is 0 Å². The fraction of sp³-hybridized carbons (Fsp3) is 0.300. The van der Waals surface area contributed by atoms with Gasteiger partial charge in [0, 0.05) is 13.1 Å². The van der Waals surface area contributed by atoms with Crippen LogP contribution in [0.1, 0.15) is 11.6 Å². The summed E-state index contributed by atoms with van der Waals surface area (Å²) in [5, 5.41) is 15.0. The van der Waals surface area contributed by atoms with Gasteiger partial charge in [-0.1, -0.05) is 12.1 Å². The van der Waals surface area contributed by atoms with Crippen LogP contribution in [0.2, 0.25) is 0 Å². The van der Waals surface area contributed by atoms with E-state index in [4.69, 9.17) is 5.11 Å². The average Bonchev–Trinajstić information content (AvgIpc) is 2.20. The highest BCUT2D eigenvalue weighted by molar-refractivity contribution is 5.83. The first kappa shape index (κ1) is 9.02. The zero-order chi connectivity index (χ0) is 9.97. The van der Waals surface area contributed by atoms with Gasteiger partial charge in [0.2, 0.25) is 5.91 Å². The molecule has 0 saturated carbocycles. The molecule has 1 unspecified atom stereocenters. The summed E-state index contributed by atoms with van der Waals surface area (Å²) >= 11 is 0. The van der Waals surface area contributed by atoms with Gasteiger partial charge < -0.3 is 15.7 Å². The van der Waals surface area contributed by atoms with Crippen molar-refractivity contribution in [1.29, 1.82) is 0 Å². The van der Waals surface area contributed by atoms with Crippen molar-refractivity contribution < 1.29 is 9.90 Å². The largest absolute Gasteiger partial charge is 0.508 e. The molecule has 0 spiro atoms. The Labute approximate surface area is 81.9 Å². The Morgan fingerprint density at radius 3 is 2.57 bits per heavy atom. The molecule has 0 radical (unpaired) electrons.